The quantitative estimate of drug-likeness (QED) is 0.0908. The number of rotatable bonds is 16. The largest absolute Gasteiger partial charge is 0.445 e. The minimum atomic E-state index is -0.833. The topological polar surface area (TPSA) is 171 Å². The minimum absolute atomic E-state index is 0.0179. The smallest absolute Gasteiger partial charge is 0.434 e. The Morgan fingerprint density at radius 2 is 1.75 bits per heavy atom. The number of alkyl carbamates (subject to hydrolysis) is 1. The van der Waals surface area contributed by atoms with Crippen molar-refractivity contribution in [2.75, 3.05) is 0 Å². The molecule has 0 radical (unpaired) electrons. The molecule has 4 aromatic rings. The van der Waals surface area contributed by atoms with E-state index in [2.05, 4.69) is 31.1 Å². The van der Waals surface area contributed by atoms with Crippen LogP contribution in [0.2, 0.25) is 10.0 Å². The fraction of sp³-hybridized carbons (Fsp3) is 0.441. The zero-order valence-corrected chi connectivity index (χ0v) is 29.0. The van der Waals surface area contributed by atoms with Crippen molar-refractivity contribution >= 4 is 52.0 Å². The summed E-state index contributed by atoms with van der Waals surface area (Å²) in [7, 11) is 0. The summed E-state index contributed by atoms with van der Waals surface area (Å²) in [6, 6.07) is 11.3. The van der Waals surface area contributed by atoms with Crippen molar-refractivity contribution in [3.63, 3.8) is 0 Å². The van der Waals surface area contributed by atoms with Gasteiger partial charge in [0.25, 0.3) is 0 Å². The molecule has 0 saturated heterocycles. The van der Waals surface area contributed by atoms with Gasteiger partial charge in [-0.1, -0.05) is 94.1 Å². The van der Waals surface area contributed by atoms with Gasteiger partial charge in [0.15, 0.2) is 0 Å². The Hall–Kier alpha value is -4.29. The van der Waals surface area contributed by atoms with E-state index in [0.717, 1.165) is 28.6 Å². The van der Waals surface area contributed by atoms with Gasteiger partial charge >= 0.3 is 11.8 Å². The van der Waals surface area contributed by atoms with Crippen LogP contribution in [-0.2, 0) is 33.9 Å². The maximum Gasteiger partial charge on any atom is 0.434 e. The number of nitrogens with zero attached hydrogens (tertiary/aromatic N) is 1. The number of aromatic amines is 2. The molecule has 2 aromatic heterocycles. The van der Waals surface area contributed by atoms with Crippen molar-refractivity contribution in [1.29, 1.82) is 0 Å². The first-order valence-electron chi connectivity index (χ1n) is 16.1. The van der Waals surface area contributed by atoms with Gasteiger partial charge in [-0.3, -0.25) is 9.59 Å². The first-order chi connectivity index (χ1) is 23.0. The third kappa shape index (κ3) is 9.63. The second kappa shape index (κ2) is 17.2. The molecule has 258 valence electrons. The number of nitrogens with one attached hydrogen (secondary N) is 5. The molecule has 4 atom stereocenters. The van der Waals surface area contributed by atoms with Gasteiger partial charge in [0.05, 0.1) is 10.5 Å². The molecule has 0 bridgehead atoms. The summed E-state index contributed by atoms with van der Waals surface area (Å²) in [6.45, 7) is 7.94. The molecule has 0 spiro atoms. The molecule has 5 N–H and O–H groups in total. The van der Waals surface area contributed by atoms with Crippen LogP contribution in [0.15, 0.2) is 51.7 Å². The van der Waals surface area contributed by atoms with Gasteiger partial charge in [-0.2, -0.15) is 0 Å². The number of amides is 3. The Morgan fingerprint density at radius 3 is 2.42 bits per heavy atom. The molecule has 48 heavy (non-hydrogen) atoms. The Kier molecular flexibility index (Phi) is 13.1. The maximum absolute atomic E-state index is 13.5. The van der Waals surface area contributed by atoms with Crippen LogP contribution < -0.4 is 21.7 Å². The van der Waals surface area contributed by atoms with Crippen molar-refractivity contribution in [1.82, 2.24) is 31.1 Å². The Bertz CT molecular complexity index is 1750. The third-order valence-electron chi connectivity index (χ3n) is 8.52. The lowest BCUT2D eigenvalue weighted by molar-refractivity contribution is -0.124. The van der Waals surface area contributed by atoms with Gasteiger partial charge in [0.2, 0.25) is 17.7 Å². The molecule has 2 unspecified atom stereocenters. The van der Waals surface area contributed by atoms with E-state index in [1.54, 1.807) is 12.1 Å². The zero-order chi connectivity index (χ0) is 34.8. The minimum Gasteiger partial charge on any atom is -0.445 e. The number of aromatic nitrogens is 3. The molecule has 2 aromatic carbocycles. The van der Waals surface area contributed by atoms with Crippen LogP contribution in [0.5, 0.6) is 0 Å². The fourth-order valence-corrected chi connectivity index (χ4v) is 5.89. The molecule has 0 aliphatic rings. The molecule has 14 heteroatoms. The second-order valence-corrected chi connectivity index (χ2v) is 12.8. The number of carbonyl (C=O) groups excluding carboxylic acids is 3. The van der Waals surface area contributed by atoms with E-state index in [-0.39, 0.29) is 49.1 Å². The highest BCUT2D eigenvalue weighted by molar-refractivity contribution is 6.38. The van der Waals surface area contributed by atoms with Crippen molar-refractivity contribution in [3.8, 4) is 0 Å². The number of carbonyl (C=O) groups is 3. The van der Waals surface area contributed by atoms with E-state index in [9.17, 15) is 19.2 Å². The van der Waals surface area contributed by atoms with Crippen LogP contribution in [0.25, 0.3) is 10.9 Å². The first-order valence-corrected chi connectivity index (χ1v) is 16.8. The average molecular weight is 702 g/mol. The van der Waals surface area contributed by atoms with E-state index in [0.29, 0.717) is 34.8 Å². The molecular weight excluding hydrogens is 659 g/mol. The fourth-order valence-electron chi connectivity index (χ4n) is 5.35. The Morgan fingerprint density at radius 1 is 1.02 bits per heavy atom. The molecule has 4 rings (SSSR count). The number of aryl methyl sites for hydroxylation is 1. The molecule has 0 saturated carbocycles. The molecule has 0 aliphatic carbocycles. The number of hydrogen-bond donors (Lipinski definition) is 5. The number of H-pyrrole nitrogens is 2. The molecule has 0 aliphatic heterocycles. The van der Waals surface area contributed by atoms with E-state index < -0.39 is 23.9 Å². The zero-order valence-electron chi connectivity index (χ0n) is 27.5. The van der Waals surface area contributed by atoms with Gasteiger partial charge in [-0.15, -0.1) is 5.10 Å². The monoisotopic (exact) mass is 700 g/mol. The normalized spacial score (nSPS) is 13.8. The van der Waals surface area contributed by atoms with Crippen LogP contribution in [0, 0.1) is 11.8 Å². The molecule has 3 amide bonds. The molecule has 12 nitrogen and oxygen atoms in total. The summed E-state index contributed by atoms with van der Waals surface area (Å²) in [4.78, 5) is 54.0. The second-order valence-electron chi connectivity index (χ2n) is 11.9. The standard InChI is InChI=1S/C34H42Cl2N6O6/c1-5-19(3)28(40-33(45)47-18-21-11-8-7-9-12-21)31(44)37-17-24-23-15-22(35)16-25(36)30(23)38-26(24)13-10-14-27(43)39-29(20(4)6-2)32-41-42-34(46)48-32/h7-9,11-12,15-16,19-20,28-29,38H,5-6,10,13-14,17-18H2,1-4H3,(H,37,44)(H,39,43)(H,40,45)(H,42,46)/t19?,20?,28-,29-/m0/s1. The van der Waals surface area contributed by atoms with Gasteiger partial charge < -0.3 is 30.1 Å². The van der Waals surface area contributed by atoms with Gasteiger partial charge in [-0.25, -0.2) is 14.7 Å². The third-order valence-corrected chi connectivity index (χ3v) is 9.04. The van der Waals surface area contributed by atoms with Crippen LogP contribution >= 0.6 is 23.2 Å². The highest BCUT2D eigenvalue weighted by Crippen LogP contribution is 2.32. The Labute approximate surface area is 288 Å². The molecular formula is C34H42Cl2N6O6. The van der Waals surface area contributed by atoms with Crippen LogP contribution in [0.1, 0.15) is 82.1 Å². The van der Waals surface area contributed by atoms with Gasteiger partial charge in [0, 0.05) is 29.1 Å². The summed E-state index contributed by atoms with van der Waals surface area (Å²) < 4.78 is 10.5. The predicted molar refractivity (Wildman–Crippen MR) is 184 cm³/mol. The highest BCUT2D eigenvalue weighted by atomic mass is 35.5. The van der Waals surface area contributed by atoms with E-state index in [1.165, 1.54) is 0 Å². The Balaban J connectivity index is 1.44. The summed E-state index contributed by atoms with van der Waals surface area (Å²) in [5.74, 6) is -1.32. The van der Waals surface area contributed by atoms with E-state index >= 15 is 0 Å². The lowest BCUT2D eigenvalue weighted by Crippen LogP contribution is -2.50. The number of benzene rings is 2. The van der Waals surface area contributed by atoms with Gasteiger partial charge in [-0.05, 0) is 47.9 Å². The summed E-state index contributed by atoms with van der Waals surface area (Å²) >= 11 is 12.9. The predicted octanol–water partition coefficient (Wildman–Crippen LogP) is 6.33. The molecule has 0 fully saturated rings. The van der Waals surface area contributed by atoms with Crippen molar-refractivity contribution < 1.29 is 23.5 Å². The maximum atomic E-state index is 13.5. The average Bonchev–Trinajstić information content (AvgIpc) is 3.66. The van der Waals surface area contributed by atoms with Crippen molar-refractivity contribution in [3.05, 3.63) is 85.8 Å². The van der Waals surface area contributed by atoms with Gasteiger partial charge in [0.1, 0.15) is 18.7 Å². The SMILES string of the molecule is CCC(C)[C@H](NC(=O)OCc1ccccc1)C(=O)NCc1c(CCCC(=O)N[C@H](c2n[nH]c(=O)o2)C(C)CC)[nH]c2c(Cl)cc(Cl)cc12. The van der Waals surface area contributed by atoms with Crippen molar-refractivity contribution in [2.45, 2.75) is 85.0 Å². The summed E-state index contributed by atoms with van der Waals surface area (Å²) in [5, 5.41) is 16.4. The van der Waals surface area contributed by atoms with E-state index in [4.69, 9.17) is 32.4 Å². The van der Waals surface area contributed by atoms with Crippen LogP contribution in [0.4, 0.5) is 4.79 Å². The molecule has 2 heterocycles. The highest BCUT2D eigenvalue weighted by Gasteiger charge is 2.28. The van der Waals surface area contributed by atoms with Crippen LogP contribution in [-0.4, -0.2) is 39.1 Å². The number of ether oxygens (including phenoxy) is 1. The number of fused-ring (bicyclic) bond motifs is 1. The summed E-state index contributed by atoms with van der Waals surface area (Å²) in [6.07, 6.45) is 1.80. The van der Waals surface area contributed by atoms with E-state index in [1.807, 2.05) is 58.0 Å². The summed E-state index contributed by atoms with van der Waals surface area (Å²) in [5.41, 5.74) is 3.05. The lowest BCUT2D eigenvalue weighted by atomic mass is 9.98. The number of hydrogen-bond acceptors (Lipinski definition) is 7. The van der Waals surface area contributed by atoms with Crippen molar-refractivity contribution in [2.24, 2.45) is 11.8 Å². The van der Waals surface area contributed by atoms with Crippen LogP contribution in [0.3, 0.4) is 0 Å². The lowest BCUT2D eigenvalue weighted by Gasteiger charge is -2.23. The first kappa shape index (κ1) is 36.5. The number of halogens is 2.